The second-order valence-corrected chi connectivity index (χ2v) is 11.1. The van der Waals surface area contributed by atoms with Crippen LogP contribution in [0.5, 0.6) is 0 Å². The minimum Gasteiger partial charge on any atom is -0.381 e. The number of likely N-dealkylation sites (tertiary alicyclic amines) is 1. The van der Waals surface area contributed by atoms with E-state index in [2.05, 4.69) is 29.4 Å². The molecule has 4 atom stereocenters. The molecule has 0 bridgehead atoms. The maximum atomic E-state index is 13.4. The van der Waals surface area contributed by atoms with E-state index in [0.29, 0.717) is 18.5 Å². The minimum absolute atomic E-state index is 0.102. The molecule has 0 spiro atoms. The molecule has 1 N–H and O–H groups in total. The van der Waals surface area contributed by atoms with Gasteiger partial charge in [-0.25, -0.2) is 0 Å². The molecule has 1 aromatic carbocycles. The lowest BCUT2D eigenvalue weighted by molar-refractivity contribution is -0.122. The first-order valence-electron chi connectivity index (χ1n) is 13.1. The summed E-state index contributed by atoms with van der Waals surface area (Å²) in [5.74, 6) is 2.62. The van der Waals surface area contributed by atoms with Crippen LogP contribution < -0.4 is 10.2 Å². The van der Waals surface area contributed by atoms with Gasteiger partial charge in [0, 0.05) is 68.5 Å². The molecule has 6 nitrogen and oxygen atoms in total. The zero-order chi connectivity index (χ0) is 22.5. The number of anilines is 1. The number of rotatable bonds is 4. The van der Waals surface area contributed by atoms with Crippen molar-refractivity contribution in [3.63, 3.8) is 0 Å². The van der Waals surface area contributed by atoms with Crippen LogP contribution in [0, 0.1) is 17.8 Å². The molecule has 5 aliphatic rings. The van der Waals surface area contributed by atoms with E-state index in [9.17, 15) is 9.59 Å². The third-order valence-corrected chi connectivity index (χ3v) is 9.11. The van der Waals surface area contributed by atoms with Crippen LogP contribution in [0.4, 0.5) is 5.69 Å². The fourth-order valence-corrected chi connectivity index (χ4v) is 6.99. The van der Waals surface area contributed by atoms with Gasteiger partial charge < -0.3 is 19.9 Å². The van der Waals surface area contributed by atoms with Crippen molar-refractivity contribution in [2.24, 2.45) is 17.8 Å². The summed E-state index contributed by atoms with van der Waals surface area (Å²) in [6, 6.07) is 7.05. The summed E-state index contributed by atoms with van der Waals surface area (Å²) in [6.07, 6.45) is 9.10. The summed E-state index contributed by atoms with van der Waals surface area (Å²) in [6.45, 7) is 3.19. The number of nitrogens with one attached hydrogen (secondary N) is 1. The highest BCUT2D eigenvalue weighted by Gasteiger charge is 2.43. The van der Waals surface area contributed by atoms with E-state index in [1.165, 1.54) is 43.4 Å². The third kappa shape index (κ3) is 4.05. The number of amides is 2. The van der Waals surface area contributed by atoms with E-state index in [0.717, 1.165) is 56.4 Å². The summed E-state index contributed by atoms with van der Waals surface area (Å²) in [5, 5.41) is 3.15. The summed E-state index contributed by atoms with van der Waals surface area (Å²) in [7, 11) is 2.23. The van der Waals surface area contributed by atoms with Crippen LogP contribution >= 0.6 is 0 Å². The Balaban J connectivity index is 1.16. The standard InChI is InChI=1S/C27H37N3O3/c1-29-24-6-4-19(17-9-12-33-13-10-17)14-22(24)23-15-20(5-7-25(23)29)27(32)30-11-8-21(16-30)28-26(31)18-2-3-18/h5,7,15,17-19,21-22,24H,2-4,6,8-14,16H2,1H3,(H,28,31)/t19?,21-,22?,24?/m0/s1. The second kappa shape index (κ2) is 8.61. The Kier molecular flexibility index (Phi) is 5.60. The maximum absolute atomic E-state index is 13.4. The SMILES string of the molecule is CN1c2ccc(C(=O)N3CC[C@H](NC(=O)C4CC4)C3)cc2C2CC(C3CCOCC3)CCC21. The van der Waals surface area contributed by atoms with Crippen molar-refractivity contribution in [3.05, 3.63) is 29.3 Å². The topological polar surface area (TPSA) is 61.9 Å². The second-order valence-electron chi connectivity index (χ2n) is 11.1. The monoisotopic (exact) mass is 451 g/mol. The molecular formula is C27H37N3O3. The smallest absolute Gasteiger partial charge is 0.253 e. The Morgan fingerprint density at radius 3 is 2.61 bits per heavy atom. The van der Waals surface area contributed by atoms with Gasteiger partial charge in [-0.15, -0.1) is 0 Å². The van der Waals surface area contributed by atoms with E-state index in [1.807, 2.05) is 11.0 Å². The van der Waals surface area contributed by atoms with Crippen molar-refractivity contribution in [2.75, 3.05) is 38.3 Å². The number of ether oxygens (including phenoxy) is 1. The van der Waals surface area contributed by atoms with Crippen molar-refractivity contribution < 1.29 is 14.3 Å². The first-order valence-corrected chi connectivity index (χ1v) is 13.1. The lowest BCUT2D eigenvalue weighted by atomic mass is 9.70. The molecule has 3 heterocycles. The zero-order valence-electron chi connectivity index (χ0n) is 19.8. The van der Waals surface area contributed by atoms with Crippen molar-refractivity contribution in [2.45, 2.75) is 69.4 Å². The molecule has 4 fully saturated rings. The number of carbonyl (C=O) groups excluding carboxylic acids is 2. The largest absolute Gasteiger partial charge is 0.381 e. The maximum Gasteiger partial charge on any atom is 0.253 e. The van der Waals surface area contributed by atoms with E-state index in [4.69, 9.17) is 4.74 Å². The first-order chi connectivity index (χ1) is 16.1. The highest BCUT2D eigenvalue weighted by Crippen LogP contribution is 2.51. The number of benzene rings is 1. The number of fused-ring (bicyclic) bond motifs is 3. The normalized spacial score (nSPS) is 31.9. The predicted octanol–water partition coefficient (Wildman–Crippen LogP) is 3.56. The van der Waals surface area contributed by atoms with Gasteiger partial charge in [0.1, 0.15) is 0 Å². The van der Waals surface area contributed by atoms with Gasteiger partial charge in [0.15, 0.2) is 0 Å². The molecule has 2 saturated heterocycles. The molecule has 1 aromatic rings. The Morgan fingerprint density at radius 1 is 1.00 bits per heavy atom. The van der Waals surface area contributed by atoms with Crippen LogP contribution in [0.25, 0.3) is 0 Å². The van der Waals surface area contributed by atoms with Crippen LogP contribution in [0.1, 0.15) is 73.2 Å². The molecule has 2 amide bonds. The molecule has 3 unspecified atom stereocenters. The van der Waals surface area contributed by atoms with E-state index in [1.54, 1.807) is 0 Å². The molecule has 2 saturated carbocycles. The highest BCUT2D eigenvalue weighted by atomic mass is 16.5. The summed E-state index contributed by atoms with van der Waals surface area (Å²) >= 11 is 0. The molecule has 178 valence electrons. The molecule has 6 heteroatoms. The molecular weight excluding hydrogens is 414 g/mol. The third-order valence-electron chi connectivity index (χ3n) is 9.11. The van der Waals surface area contributed by atoms with Gasteiger partial charge in [0.2, 0.25) is 5.91 Å². The van der Waals surface area contributed by atoms with Gasteiger partial charge in [-0.05, 0) is 87.0 Å². The Hall–Kier alpha value is -2.08. The molecule has 0 radical (unpaired) electrons. The number of hydrogen-bond donors (Lipinski definition) is 1. The molecule has 0 aromatic heterocycles. The average Bonchev–Trinajstić information content (AvgIpc) is 3.55. The lowest BCUT2D eigenvalue weighted by Crippen LogP contribution is -2.39. The van der Waals surface area contributed by atoms with Gasteiger partial charge in [0.05, 0.1) is 0 Å². The fraction of sp³-hybridized carbons (Fsp3) is 0.704. The number of carbonyl (C=O) groups is 2. The van der Waals surface area contributed by atoms with Crippen LogP contribution in [0.2, 0.25) is 0 Å². The number of nitrogens with zero attached hydrogens (tertiary/aromatic N) is 2. The Labute approximate surface area is 197 Å². The van der Waals surface area contributed by atoms with Crippen molar-refractivity contribution in [1.29, 1.82) is 0 Å². The first kappa shape index (κ1) is 21.5. The van der Waals surface area contributed by atoms with Crippen molar-refractivity contribution in [1.82, 2.24) is 10.2 Å². The van der Waals surface area contributed by atoms with Crippen molar-refractivity contribution in [3.8, 4) is 0 Å². The van der Waals surface area contributed by atoms with Crippen LogP contribution in [0.3, 0.4) is 0 Å². The highest BCUT2D eigenvalue weighted by molar-refractivity contribution is 5.95. The molecule has 6 rings (SSSR count). The molecule has 33 heavy (non-hydrogen) atoms. The zero-order valence-corrected chi connectivity index (χ0v) is 19.8. The predicted molar refractivity (Wildman–Crippen MR) is 127 cm³/mol. The number of hydrogen-bond acceptors (Lipinski definition) is 4. The van der Waals surface area contributed by atoms with Crippen LogP contribution in [0.15, 0.2) is 18.2 Å². The van der Waals surface area contributed by atoms with Gasteiger partial charge in [0.25, 0.3) is 5.91 Å². The summed E-state index contributed by atoms with van der Waals surface area (Å²) < 4.78 is 5.61. The van der Waals surface area contributed by atoms with Gasteiger partial charge in [-0.2, -0.15) is 0 Å². The summed E-state index contributed by atoms with van der Waals surface area (Å²) in [5.41, 5.74) is 3.50. The van der Waals surface area contributed by atoms with Crippen LogP contribution in [-0.2, 0) is 9.53 Å². The fourth-order valence-electron chi connectivity index (χ4n) is 6.99. The molecule has 3 aliphatic heterocycles. The van der Waals surface area contributed by atoms with E-state index >= 15 is 0 Å². The Morgan fingerprint density at radius 2 is 1.82 bits per heavy atom. The lowest BCUT2D eigenvalue weighted by Gasteiger charge is -2.40. The average molecular weight is 452 g/mol. The van der Waals surface area contributed by atoms with Gasteiger partial charge in [-0.3, -0.25) is 9.59 Å². The van der Waals surface area contributed by atoms with Crippen LogP contribution in [-0.4, -0.2) is 62.1 Å². The molecule has 2 aliphatic carbocycles. The van der Waals surface area contributed by atoms with Crippen molar-refractivity contribution >= 4 is 17.5 Å². The Bertz CT molecular complexity index is 923. The number of likely N-dealkylation sites (N-methyl/N-ethyl adjacent to an activating group) is 1. The minimum atomic E-state index is 0.102. The van der Waals surface area contributed by atoms with Gasteiger partial charge in [-0.1, -0.05) is 0 Å². The van der Waals surface area contributed by atoms with E-state index < -0.39 is 0 Å². The van der Waals surface area contributed by atoms with E-state index in [-0.39, 0.29) is 23.8 Å². The summed E-state index contributed by atoms with van der Waals surface area (Å²) in [4.78, 5) is 29.9. The van der Waals surface area contributed by atoms with Gasteiger partial charge >= 0.3 is 0 Å². The quantitative estimate of drug-likeness (QED) is 0.761.